The molecule has 4 nitrogen and oxygen atoms in total. The number of furan rings is 1. The van der Waals surface area contributed by atoms with Gasteiger partial charge in [-0.25, -0.2) is 9.97 Å². The van der Waals surface area contributed by atoms with Gasteiger partial charge in [-0.2, -0.15) is 0 Å². The molecule has 0 saturated heterocycles. The van der Waals surface area contributed by atoms with Crippen molar-refractivity contribution in [3.63, 3.8) is 0 Å². The number of imidazole rings is 1. The van der Waals surface area contributed by atoms with Gasteiger partial charge < -0.3 is 4.42 Å². The van der Waals surface area contributed by atoms with Crippen molar-refractivity contribution in [2.45, 2.75) is 0 Å². The second-order valence-electron chi connectivity index (χ2n) is 5.60. The fourth-order valence-electron chi connectivity index (χ4n) is 3.11. The average Bonchev–Trinajstić information content (AvgIpc) is 3.27. The Kier molecular flexibility index (Phi) is 2.76. The van der Waals surface area contributed by atoms with E-state index >= 15 is 0 Å². The summed E-state index contributed by atoms with van der Waals surface area (Å²) in [6.07, 6.45) is 5.52. The van der Waals surface area contributed by atoms with E-state index in [2.05, 4.69) is 32.7 Å². The van der Waals surface area contributed by atoms with Crippen LogP contribution in [0.2, 0.25) is 0 Å². The number of fused-ring (bicyclic) bond motifs is 3. The predicted molar refractivity (Wildman–Crippen MR) is 94.1 cm³/mol. The molecule has 0 radical (unpaired) electrons. The van der Waals surface area contributed by atoms with Gasteiger partial charge in [0, 0.05) is 35.1 Å². The van der Waals surface area contributed by atoms with E-state index in [1.54, 1.807) is 6.20 Å². The molecule has 0 unspecified atom stereocenters. The van der Waals surface area contributed by atoms with Crippen molar-refractivity contribution in [3.8, 4) is 17.1 Å². The van der Waals surface area contributed by atoms with Crippen LogP contribution in [-0.4, -0.2) is 14.5 Å². The molecule has 0 N–H and O–H groups in total. The van der Waals surface area contributed by atoms with Crippen LogP contribution in [0, 0.1) is 0 Å². The molecule has 0 amide bonds. The highest BCUT2D eigenvalue weighted by Gasteiger charge is 2.16. The maximum Gasteiger partial charge on any atom is 0.227 e. The molecule has 4 heteroatoms. The van der Waals surface area contributed by atoms with Crippen molar-refractivity contribution in [2.24, 2.45) is 0 Å². The minimum absolute atomic E-state index is 0.651. The van der Waals surface area contributed by atoms with Crippen molar-refractivity contribution in [3.05, 3.63) is 79.3 Å². The van der Waals surface area contributed by atoms with E-state index in [4.69, 9.17) is 4.42 Å². The van der Waals surface area contributed by atoms with Crippen LogP contribution in [0.25, 0.3) is 39.1 Å². The molecule has 5 rings (SSSR count). The lowest BCUT2D eigenvalue weighted by atomic mass is 10.1. The molecule has 0 atom stereocenters. The maximum atomic E-state index is 6.03. The Morgan fingerprint density at radius 2 is 1.62 bits per heavy atom. The lowest BCUT2D eigenvalue weighted by Gasteiger charge is -2.08. The zero-order valence-electron chi connectivity index (χ0n) is 12.8. The largest absolute Gasteiger partial charge is 0.437 e. The minimum atomic E-state index is 0.651. The zero-order valence-corrected chi connectivity index (χ0v) is 12.8. The van der Waals surface area contributed by atoms with E-state index in [0.29, 0.717) is 5.71 Å². The van der Waals surface area contributed by atoms with Crippen LogP contribution in [0.1, 0.15) is 0 Å². The molecule has 0 saturated carbocycles. The van der Waals surface area contributed by atoms with Crippen molar-refractivity contribution in [2.75, 3.05) is 0 Å². The molecule has 2 aromatic carbocycles. The molecule has 3 aromatic heterocycles. The Balaban J connectivity index is 1.81. The van der Waals surface area contributed by atoms with Crippen molar-refractivity contribution < 1.29 is 4.42 Å². The predicted octanol–water partition coefficient (Wildman–Crippen LogP) is 4.83. The second-order valence-corrected chi connectivity index (χ2v) is 5.60. The molecule has 24 heavy (non-hydrogen) atoms. The summed E-state index contributed by atoms with van der Waals surface area (Å²) in [4.78, 5) is 8.89. The van der Waals surface area contributed by atoms with E-state index in [-0.39, 0.29) is 0 Å². The van der Waals surface area contributed by atoms with Crippen LogP contribution in [0.4, 0.5) is 0 Å². The number of hydrogen-bond donors (Lipinski definition) is 0. The molecule has 0 aliphatic heterocycles. The Hall–Kier alpha value is -3.40. The van der Waals surface area contributed by atoms with Crippen LogP contribution in [0.5, 0.6) is 0 Å². The first-order chi connectivity index (χ1) is 11.9. The van der Waals surface area contributed by atoms with E-state index < -0.39 is 0 Å². The topological polar surface area (TPSA) is 43.9 Å². The zero-order chi connectivity index (χ0) is 15.9. The summed E-state index contributed by atoms with van der Waals surface area (Å²) in [5.74, 6) is 0.853. The van der Waals surface area contributed by atoms with Gasteiger partial charge >= 0.3 is 0 Å². The highest BCUT2D eigenvalue weighted by atomic mass is 16.3. The smallest absolute Gasteiger partial charge is 0.227 e. The molecule has 0 spiro atoms. The van der Waals surface area contributed by atoms with E-state index in [9.17, 15) is 0 Å². The summed E-state index contributed by atoms with van der Waals surface area (Å²) >= 11 is 0. The lowest BCUT2D eigenvalue weighted by Crippen LogP contribution is -1.96. The molecule has 0 aliphatic carbocycles. The molecular formula is C20H13N3O. The van der Waals surface area contributed by atoms with Gasteiger partial charge in [-0.3, -0.25) is 4.57 Å². The number of nitrogens with zero attached hydrogens (tertiary/aromatic N) is 3. The molecule has 0 fully saturated rings. The SMILES string of the molecule is c1ccc(-n2ccnc2-c2cccc3c2oc2ncccc23)cc1. The highest BCUT2D eigenvalue weighted by Crippen LogP contribution is 2.34. The van der Waals surface area contributed by atoms with Gasteiger partial charge in [0.15, 0.2) is 0 Å². The van der Waals surface area contributed by atoms with Gasteiger partial charge in [0.2, 0.25) is 5.71 Å². The van der Waals surface area contributed by atoms with Gasteiger partial charge in [0.25, 0.3) is 0 Å². The standard InChI is InChI=1S/C20H13N3O/c1-2-6-14(7-3-1)23-13-12-21-19(23)17-9-4-8-15-16-10-5-11-22-20(16)24-18(15)17/h1-13H. The van der Waals surface area contributed by atoms with Crippen molar-refractivity contribution >= 4 is 22.1 Å². The van der Waals surface area contributed by atoms with Crippen molar-refractivity contribution in [1.29, 1.82) is 0 Å². The van der Waals surface area contributed by atoms with Gasteiger partial charge in [0.05, 0.1) is 5.56 Å². The summed E-state index contributed by atoms with van der Waals surface area (Å²) in [6.45, 7) is 0. The molecular weight excluding hydrogens is 298 g/mol. The quantitative estimate of drug-likeness (QED) is 0.469. The molecule has 0 bridgehead atoms. The van der Waals surface area contributed by atoms with Crippen LogP contribution in [0.15, 0.2) is 83.7 Å². The Bertz CT molecular complexity index is 1160. The van der Waals surface area contributed by atoms with Gasteiger partial charge in [0.1, 0.15) is 11.4 Å². The summed E-state index contributed by atoms with van der Waals surface area (Å²) in [7, 11) is 0. The van der Waals surface area contributed by atoms with Gasteiger partial charge in [-0.15, -0.1) is 0 Å². The Morgan fingerprint density at radius 3 is 2.54 bits per heavy atom. The third kappa shape index (κ3) is 1.86. The average molecular weight is 311 g/mol. The van der Waals surface area contributed by atoms with Crippen LogP contribution < -0.4 is 0 Å². The summed E-state index contributed by atoms with van der Waals surface area (Å²) in [5, 5.41) is 2.07. The first kappa shape index (κ1) is 13.1. The number of hydrogen-bond acceptors (Lipinski definition) is 3. The first-order valence-corrected chi connectivity index (χ1v) is 7.77. The second kappa shape index (κ2) is 5.06. The number of para-hydroxylation sites is 2. The molecule has 0 aliphatic rings. The Morgan fingerprint density at radius 1 is 0.750 bits per heavy atom. The van der Waals surface area contributed by atoms with Crippen molar-refractivity contribution in [1.82, 2.24) is 14.5 Å². The number of benzene rings is 2. The number of pyridine rings is 1. The van der Waals surface area contributed by atoms with Gasteiger partial charge in [-0.05, 0) is 30.3 Å². The molecule has 114 valence electrons. The monoisotopic (exact) mass is 311 g/mol. The normalized spacial score (nSPS) is 11.3. The van der Waals surface area contributed by atoms with E-state index in [0.717, 1.165) is 33.4 Å². The minimum Gasteiger partial charge on any atom is -0.437 e. The fraction of sp³-hybridized carbons (Fsp3) is 0. The fourth-order valence-corrected chi connectivity index (χ4v) is 3.11. The first-order valence-electron chi connectivity index (χ1n) is 7.77. The van der Waals surface area contributed by atoms with E-state index in [1.165, 1.54) is 0 Å². The van der Waals surface area contributed by atoms with Crippen LogP contribution in [0.3, 0.4) is 0 Å². The van der Waals surface area contributed by atoms with E-state index in [1.807, 2.05) is 54.9 Å². The lowest BCUT2D eigenvalue weighted by molar-refractivity contribution is 0.654. The summed E-state index contributed by atoms with van der Waals surface area (Å²) in [5.41, 5.74) is 3.49. The third-order valence-electron chi connectivity index (χ3n) is 4.19. The highest BCUT2D eigenvalue weighted by molar-refractivity contribution is 6.08. The van der Waals surface area contributed by atoms with Crippen LogP contribution >= 0.6 is 0 Å². The van der Waals surface area contributed by atoms with Gasteiger partial charge in [-0.1, -0.05) is 30.3 Å². The molecule has 5 aromatic rings. The number of aromatic nitrogens is 3. The number of rotatable bonds is 2. The molecule has 3 heterocycles. The van der Waals surface area contributed by atoms with Crippen LogP contribution in [-0.2, 0) is 0 Å². The Labute approximate surface area is 138 Å². The summed E-state index contributed by atoms with van der Waals surface area (Å²) in [6, 6.07) is 20.2. The summed E-state index contributed by atoms with van der Waals surface area (Å²) < 4.78 is 8.10. The maximum absolute atomic E-state index is 6.03. The third-order valence-corrected chi connectivity index (χ3v) is 4.19.